The average molecular weight is 183 g/mol. The molecule has 0 amide bonds. The van der Waals surface area contributed by atoms with Gasteiger partial charge in [0.25, 0.3) is 0 Å². The standard InChI is InChI=1S/C12H25N/c1-4-11-9-7-5-6-8-10(2)12(11)13-3/h10-13H,4-9H2,1-3H3. The maximum Gasteiger partial charge on any atom is 0.0118 e. The Hall–Kier alpha value is -0.0400. The van der Waals surface area contributed by atoms with E-state index in [1.807, 2.05) is 0 Å². The Kier molecular flexibility index (Phi) is 4.79. The molecule has 13 heavy (non-hydrogen) atoms. The third-order valence-corrected chi connectivity index (χ3v) is 3.71. The van der Waals surface area contributed by atoms with Gasteiger partial charge in [0.2, 0.25) is 0 Å². The summed E-state index contributed by atoms with van der Waals surface area (Å²) in [6.45, 7) is 4.75. The first-order valence-electron chi connectivity index (χ1n) is 5.96. The van der Waals surface area contributed by atoms with Crippen molar-refractivity contribution in [3.8, 4) is 0 Å². The molecule has 78 valence electrons. The Morgan fingerprint density at radius 3 is 2.46 bits per heavy atom. The molecule has 0 aromatic heterocycles. The lowest BCUT2D eigenvalue weighted by atomic mass is 9.79. The molecular formula is C12H25N. The van der Waals surface area contributed by atoms with Crippen molar-refractivity contribution >= 4 is 0 Å². The van der Waals surface area contributed by atoms with Gasteiger partial charge in [-0.05, 0) is 31.7 Å². The first-order chi connectivity index (χ1) is 6.29. The molecule has 1 rings (SSSR count). The van der Waals surface area contributed by atoms with Gasteiger partial charge in [-0.15, -0.1) is 0 Å². The predicted molar refractivity (Wildman–Crippen MR) is 58.9 cm³/mol. The fraction of sp³-hybridized carbons (Fsp3) is 1.00. The third-order valence-electron chi connectivity index (χ3n) is 3.71. The van der Waals surface area contributed by atoms with Gasteiger partial charge in [-0.3, -0.25) is 0 Å². The van der Waals surface area contributed by atoms with Gasteiger partial charge in [0.1, 0.15) is 0 Å². The molecule has 0 spiro atoms. The Balaban J connectivity index is 2.55. The average Bonchev–Trinajstić information content (AvgIpc) is 2.12. The first kappa shape index (κ1) is 11.0. The van der Waals surface area contributed by atoms with E-state index in [2.05, 4.69) is 26.2 Å². The Morgan fingerprint density at radius 2 is 1.85 bits per heavy atom. The Bertz CT molecular complexity index is 133. The van der Waals surface area contributed by atoms with Crippen molar-refractivity contribution in [3.63, 3.8) is 0 Å². The lowest BCUT2D eigenvalue weighted by Crippen LogP contribution is -2.39. The fourth-order valence-electron chi connectivity index (χ4n) is 2.85. The van der Waals surface area contributed by atoms with Crippen molar-refractivity contribution in [3.05, 3.63) is 0 Å². The monoisotopic (exact) mass is 183 g/mol. The van der Waals surface area contributed by atoms with E-state index in [-0.39, 0.29) is 0 Å². The van der Waals surface area contributed by atoms with Crippen LogP contribution in [-0.2, 0) is 0 Å². The highest BCUT2D eigenvalue weighted by molar-refractivity contribution is 4.81. The van der Waals surface area contributed by atoms with E-state index >= 15 is 0 Å². The quantitative estimate of drug-likeness (QED) is 0.693. The molecule has 1 fully saturated rings. The van der Waals surface area contributed by atoms with Crippen LogP contribution in [0, 0.1) is 11.8 Å². The van der Waals surface area contributed by atoms with E-state index in [0.717, 1.165) is 17.9 Å². The minimum absolute atomic E-state index is 0.769. The molecule has 1 heteroatoms. The molecule has 0 saturated heterocycles. The number of hydrogen-bond donors (Lipinski definition) is 1. The van der Waals surface area contributed by atoms with Crippen molar-refractivity contribution in [2.45, 2.75) is 58.4 Å². The van der Waals surface area contributed by atoms with Crippen molar-refractivity contribution in [1.29, 1.82) is 0 Å². The van der Waals surface area contributed by atoms with Gasteiger partial charge >= 0.3 is 0 Å². The largest absolute Gasteiger partial charge is 0.316 e. The van der Waals surface area contributed by atoms with E-state index in [1.54, 1.807) is 0 Å². The van der Waals surface area contributed by atoms with Crippen molar-refractivity contribution < 1.29 is 0 Å². The lowest BCUT2D eigenvalue weighted by molar-refractivity contribution is 0.226. The minimum atomic E-state index is 0.769. The van der Waals surface area contributed by atoms with Crippen LogP contribution in [0.3, 0.4) is 0 Å². The summed E-state index contributed by atoms with van der Waals surface area (Å²) in [5.74, 6) is 1.79. The summed E-state index contributed by atoms with van der Waals surface area (Å²) >= 11 is 0. The molecule has 0 radical (unpaired) electrons. The highest BCUT2D eigenvalue weighted by atomic mass is 14.9. The van der Waals surface area contributed by atoms with Crippen molar-refractivity contribution in [2.24, 2.45) is 11.8 Å². The van der Waals surface area contributed by atoms with Crippen LogP contribution < -0.4 is 5.32 Å². The zero-order valence-corrected chi connectivity index (χ0v) is 9.47. The van der Waals surface area contributed by atoms with Crippen LogP contribution >= 0.6 is 0 Å². The molecule has 1 aliphatic carbocycles. The fourth-order valence-corrected chi connectivity index (χ4v) is 2.85. The van der Waals surface area contributed by atoms with Gasteiger partial charge in [0.05, 0.1) is 0 Å². The van der Waals surface area contributed by atoms with E-state index in [9.17, 15) is 0 Å². The van der Waals surface area contributed by atoms with Crippen LogP contribution in [0.4, 0.5) is 0 Å². The molecule has 0 bridgehead atoms. The van der Waals surface area contributed by atoms with E-state index < -0.39 is 0 Å². The van der Waals surface area contributed by atoms with Gasteiger partial charge in [0, 0.05) is 6.04 Å². The topological polar surface area (TPSA) is 12.0 Å². The highest BCUT2D eigenvalue weighted by Crippen LogP contribution is 2.28. The van der Waals surface area contributed by atoms with E-state index in [4.69, 9.17) is 0 Å². The summed E-state index contributed by atoms with van der Waals surface area (Å²) in [6, 6.07) is 0.769. The predicted octanol–water partition coefficient (Wildman–Crippen LogP) is 3.20. The van der Waals surface area contributed by atoms with Gasteiger partial charge < -0.3 is 5.32 Å². The molecule has 1 nitrogen and oxygen atoms in total. The number of rotatable bonds is 2. The molecule has 0 aromatic rings. The summed E-state index contributed by atoms with van der Waals surface area (Å²) in [7, 11) is 2.13. The maximum atomic E-state index is 3.52. The Labute approximate surface area is 83.3 Å². The third kappa shape index (κ3) is 2.98. The molecule has 1 aliphatic rings. The molecular weight excluding hydrogens is 158 g/mol. The normalized spacial score (nSPS) is 36.7. The van der Waals surface area contributed by atoms with Gasteiger partial charge in [0.15, 0.2) is 0 Å². The summed E-state index contributed by atoms with van der Waals surface area (Å²) in [5.41, 5.74) is 0. The smallest absolute Gasteiger partial charge is 0.0118 e. The Morgan fingerprint density at radius 1 is 1.15 bits per heavy atom. The summed E-state index contributed by atoms with van der Waals surface area (Å²) in [5, 5.41) is 3.52. The number of hydrogen-bond acceptors (Lipinski definition) is 1. The maximum absolute atomic E-state index is 3.52. The van der Waals surface area contributed by atoms with Crippen LogP contribution in [-0.4, -0.2) is 13.1 Å². The lowest BCUT2D eigenvalue weighted by Gasteiger charge is -2.33. The second kappa shape index (κ2) is 5.64. The molecule has 3 unspecified atom stereocenters. The molecule has 1 N–H and O–H groups in total. The van der Waals surface area contributed by atoms with Crippen molar-refractivity contribution in [2.75, 3.05) is 7.05 Å². The summed E-state index contributed by atoms with van der Waals surface area (Å²) in [4.78, 5) is 0. The zero-order chi connectivity index (χ0) is 9.68. The second-order valence-corrected chi connectivity index (χ2v) is 4.60. The minimum Gasteiger partial charge on any atom is -0.316 e. The first-order valence-corrected chi connectivity index (χ1v) is 5.96. The van der Waals surface area contributed by atoms with Crippen LogP contribution in [0.1, 0.15) is 52.4 Å². The molecule has 0 aromatic carbocycles. The molecule has 0 aliphatic heterocycles. The number of nitrogens with one attached hydrogen (secondary N) is 1. The SMILES string of the molecule is CCC1CCCCCC(C)C1NC. The van der Waals surface area contributed by atoms with E-state index in [0.29, 0.717) is 0 Å². The van der Waals surface area contributed by atoms with Gasteiger partial charge in [-0.25, -0.2) is 0 Å². The van der Waals surface area contributed by atoms with E-state index in [1.165, 1.54) is 38.5 Å². The molecule has 0 heterocycles. The summed E-state index contributed by atoms with van der Waals surface area (Å²) < 4.78 is 0. The van der Waals surface area contributed by atoms with Gasteiger partial charge in [-0.1, -0.05) is 39.5 Å². The highest BCUT2D eigenvalue weighted by Gasteiger charge is 2.24. The van der Waals surface area contributed by atoms with Gasteiger partial charge in [-0.2, -0.15) is 0 Å². The zero-order valence-electron chi connectivity index (χ0n) is 9.47. The summed E-state index contributed by atoms with van der Waals surface area (Å²) in [6.07, 6.45) is 8.54. The van der Waals surface area contributed by atoms with Crippen LogP contribution in [0.2, 0.25) is 0 Å². The molecule has 3 atom stereocenters. The molecule has 1 saturated carbocycles. The van der Waals surface area contributed by atoms with Crippen LogP contribution in [0.5, 0.6) is 0 Å². The van der Waals surface area contributed by atoms with Crippen LogP contribution in [0.15, 0.2) is 0 Å². The van der Waals surface area contributed by atoms with Crippen LogP contribution in [0.25, 0.3) is 0 Å². The van der Waals surface area contributed by atoms with Crippen molar-refractivity contribution in [1.82, 2.24) is 5.32 Å². The second-order valence-electron chi connectivity index (χ2n) is 4.60.